The van der Waals surface area contributed by atoms with Gasteiger partial charge in [0.1, 0.15) is 0 Å². The highest BCUT2D eigenvalue weighted by molar-refractivity contribution is 6.33. The molecule has 0 radical (unpaired) electrons. The number of nitrogens with zero attached hydrogens (tertiary/aromatic N) is 5. The number of nitrogens with two attached hydrogens (primary N) is 1. The molecule has 4 amide bonds. The van der Waals surface area contributed by atoms with Crippen LogP contribution in [0.25, 0.3) is 0 Å². The third-order valence-corrected chi connectivity index (χ3v) is 12.0. The van der Waals surface area contributed by atoms with Gasteiger partial charge in [0.2, 0.25) is 0 Å². The summed E-state index contributed by atoms with van der Waals surface area (Å²) in [5.74, 6) is -0.156. The van der Waals surface area contributed by atoms with Crippen molar-refractivity contribution in [1.82, 2.24) is 24.5 Å². The lowest BCUT2D eigenvalue weighted by Crippen LogP contribution is -2.55. The van der Waals surface area contributed by atoms with Gasteiger partial charge in [-0.25, -0.2) is 9.59 Å². The van der Waals surface area contributed by atoms with E-state index in [0.717, 1.165) is 54.7 Å². The lowest BCUT2D eigenvalue weighted by Gasteiger charge is -2.42. The predicted molar refractivity (Wildman–Crippen MR) is 191 cm³/mol. The molecular weight excluding hydrogens is 642 g/mol. The van der Waals surface area contributed by atoms with Gasteiger partial charge in [-0.3, -0.25) is 9.69 Å². The van der Waals surface area contributed by atoms with Crippen LogP contribution in [0.15, 0.2) is 36.4 Å². The third kappa shape index (κ3) is 7.07. The number of anilines is 2. The number of benzene rings is 2. The summed E-state index contributed by atoms with van der Waals surface area (Å²) in [6.07, 6.45) is 4.63. The van der Waals surface area contributed by atoms with Gasteiger partial charge in [-0.15, -0.1) is 0 Å². The number of ether oxygens (including phenoxy) is 1. The number of nitrogen functional groups attached to an aromatic ring is 1. The van der Waals surface area contributed by atoms with Gasteiger partial charge in [0.25, 0.3) is 5.91 Å². The minimum Gasteiger partial charge on any atom is -0.436 e. The summed E-state index contributed by atoms with van der Waals surface area (Å²) in [6.45, 7) is 7.09. The van der Waals surface area contributed by atoms with Gasteiger partial charge in [-0.1, -0.05) is 42.8 Å². The summed E-state index contributed by atoms with van der Waals surface area (Å²) in [7, 11) is 2.22. The Hall–Kier alpha value is -3.54. The number of aryl methyl sites for hydroxylation is 1. The number of hydrogen-bond donors (Lipinski definition) is 2. The topological polar surface area (TPSA) is 115 Å². The van der Waals surface area contributed by atoms with E-state index in [1.807, 2.05) is 41.0 Å². The minimum atomic E-state index is -0.975. The Labute approximate surface area is 294 Å². The van der Waals surface area contributed by atoms with Crippen LogP contribution < -0.4 is 11.1 Å². The zero-order valence-electron chi connectivity index (χ0n) is 28.8. The number of amides is 4. The molecule has 7 rings (SSSR count). The standard InChI is InChI=1S/C37H50ClN7O4/c1-3-25-18-24(19-31(38)34(25)39)20-33(35(46)42-13-9-28(10-14-42)45-23-29-21-30(45)22-41(29)2)49-37(48)43-15-11-27(12-16-43)44-17-8-26-6-4-5-7-32(26)40-36(44)47/h4-7,18-19,27-30,33H,3,8-17,20-23,39H2,1-2H3,(H,40,47)/t29?,30?,33-/m1/s1. The van der Waals surface area contributed by atoms with Crippen LogP contribution in [0, 0.1) is 0 Å². The summed E-state index contributed by atoms with van der Waals surface area (Å²) < 4.78 is 6.11. The van der Waals surface area contributed by atoms with Crippen molar-refractivity contribution >= 4 is 41.0 Å². The number of halogens is 1. The molecule has 3 atom stereocenters. The average Bonchev–Trinajstić information content (AvgIpc) is 3.64. The first-order valence-corrected chi connectivity index (χ1v) is 18.5. The van der Waals surface area contributed by atoms with Gasteiger partial charge in [-0.2, -0.15) is 0 Å². The normalized spacial score (nSPS) is 24.5. The van der Waals surface area contributed by atoms with Crippen LogP contribution in [0.2, 0.25) is 5.02 Å². The summed E-state index contributed by atoms with van der Waals surface area (Å²) in [6, 6.07) is 13.3. The highest BCUT2D eigenvalue weighted by atomic mass is 35.5. The van der Waals surface area contributed by atoms with Crippen LogP contribution in [0.3, 0.4) is 0 Å². The number of piperidine rings is 2. The number of rotatable bonds is 7. The molecule has 49 heavy (non-hydrogen) atoms. The molecule has 2 bridgehead atoms. The number of hydrogen-bond acceptors (Lipinski definition) is 7. The molecule has 0 saturated carbocycles. The maximum atomic E-state index is 14.1. The quantitative estimate of drug-likeness (QED) is 0.412. The number of fused-ring (bicyclic) bond motifs is 3. The van der Waals surface area contributed by atoms with Crippen LogP contribution >= 0.6 is 11.6 Å². The maximum absolute atomic E-state index is 14.1. The van der Waals surface area contributed by atoms with E-state index < -0.39 is 12.2 Å². The molecule has 0 aliphatic carbocycles. The number of likely N-dealkylation sites (N-methyl/N-ethyl adjacent to an activating group) is 1. The van der Waals surface area contributed by atoms with E-state index in [9.17, 15) is 14.4 Å². The Morgan fingerprint density at radius 2 is 1.67 bits per heavy atom. The molecule has 0 spiro atoms. The fourth-order valence-corrected chi connectivity index (χ4v) is 9.06. The van der Waals surface area contributed by atoms with Crippen LogP contribution in [-0.2, 0) is 28.8 Å². The Morgan fingerprint density at radius 3 is 2.37 bits per heavy atom. The lowest BCUT2D eigenvalue weighted by molar-refractivity contribution is -0.142. The molecule has 5 aliphatic rings. The van der Waals surface area contributed by atoms with E-state index in [1.165, 1.54) is 6.42 Å². The number of carbonyl (C=O) groups is 3. The zero-order chi connectivity index (χ0) is 34.2. The number of carbonyl (C=O) groups excluding carboxylic acids is 3. The molecule has 3 N–H and O–H groups in total. The molecular formula is C37H50ClN7O4. The van der Waals surface area contributed by atoms with E-state index in [4.69, 9.17) is 22.1 Å². The van der Waals surface area contributed by atoms with Crippen LogP contribution in [0.4, 0.5) is 21.0 Å². The largest absolute Gasteiger partial charge is 0.436 e. The molecule has 264 valence electrons. The molecule has 5 heterocycles. The summed E-state index contributed by atoms with van der Waals surface area (Å²) in [5, 5.41) is 3.50. The van der Waals surface area contributed by atoms with Gasteiger partial charge < -0.3 is 35.4 Å². The van der Waals surface area contributed by atoms with Gasteiger partial charge in [0.05, 0.1) is 10.7 Å². The van der Waals surface area contributed by atoms with E-state index in [2.05, 4.69) is 28.2 Å². The second-order valence-corrected chi connectivity index (χ2v) is 15.0. The molecule has 4 saturated heterocycles. The highest BCUT2D eigenvalue weighted by Crippen LogP contribution is 2.34. The van der Waals surface area contributed by atoms with Crippen LogP contribution in [0.5, 0.6) is 0 Å². The summed E-state index contributed by atoms with van der Waals surface area (Å²) in [4.78, 5) is 51.6. The first kappa shape index (κ1) is 33.9. The second-order valence-electron chi connectivity index (χ2n) is 14.6. The maximum Gasteiger partial charge on any atom is 0.410 e. The van der Waals surface area contributed by atoms with Crippen molar-refractivity contribution in [1.29, 1.82) is 0 Å². The molecule has 11 nitrogen and oxygen atoms in total. The Balaban J connectivity index is 0.993. The Kier molecular flexibility index (Phi) is 9.95. The van der Waals surface area contributed by atoms with Gasteiger partial charge in [0.15, 0.2) is 6.10 Å². The predicted octanol–water partition coefficient (Wildman–Crippen LogP) is 4.47. The molecule has 0 aromatic heterocycles. The fraction of sp³-hybridized carbons (Fsp3) is 0.595. The van der Waals surface area contributed by atoms with Crippen LogP contribution in [-0.4, -0.2) is 126 Å². The second kappa shape index (κ2) is 14.4. The summed E-state index contributed by atoms with van der Waals surface area (Å²) >= 11 is 6.50. The van der Waals surface area contributed by atoms with Crippen molar-refractivity contribution in [3.8, 4) is 0 Å². The number of likely N-dealkylation sites (tertiary alicyclic amines) is 4. The zero-order valence-corrected chi connectivity index (χ0v) is 29.5. The van der Waals surface area contributed by atoms with Crippen molar-refractivity contribution in [2.24, 2.45) is 0 Å². The molecule has 2 aromatic carbocycles. The van der Waals surface area contributed by atoms with Crippen LogP contribution in [0.1, 0.15) is 55.7 Å². The first-order valence-electron chi connectivity index (χ1n) is 18.1. The SMILES string of the molecule is CCc1cc(C[C@@H](OC(=O)N2CCC(N3CCc4ccccc4NC3=O)CC2)C(=O)N2CCC(N3CC4CC3CN4C)CC2)cc(Cl)c1N. The Morgan fingerprint density at radius 1 is 0.959 bits per heavy atom. The third-order valence-electron chi connectivity index (χ3n) is 11.7. The first-order chi connectivity index (χ1) is 23.7. The van der Waals surface area contributed by atoms with Gasteiger partial charge in [0, 0.05) is 82.1 Å². The van der Waals surface area contributed by atoms with Gasteiger partial charge >= 0.3 is 12.1 Å². The van der Waals surface area contributed by atoms with Crippen molar-refractivity contribution < 1.29 is 19.1 Å². The number of nitrogens with one attached hydrogen (secondary N) is 1. The number of para-hydroxylation sites is 1. The number of piperazine rings is 1. The Bertz CT molecular complexity index is 1560. The fourth-order valence-electron chi connectivity index (χ4n) is 8.80. The van der Waals surface area contributed by atoms with E-state index in [1.54, 1.807) is 11.0 Å². The summed E-state index contributed by atoms with van der Waals surface area (Å²) in [5.41, 5.74) is 10.5. The monoisotopic (exact) mass is 691 g/mol. The molecule has 12 heteroatoms. The molecule has 4 fully saturated rings. The highest BCUT2D eigenvalue weighted by Gasteiger charge is 2.45. The van der Waals surface area contributed by atoms with Crippen molar-refractivity contribution in [3.05, 3.63) is 58.1 Å². The molecule has 2 aromatic rings. The van der Waals surface area contributed by atoms with Crippen molar-refractivity contribution in [2.75, 3.05) is 63.9 Å². The minimum absolute atomic E-state index is 0.0210. The molecule has 5 aliphatic heterocycles. The van der Waals surface area contributed by atoms with Crippen molar-refractivity contribution in [3.63, 3.8) is 0 Å². The van der Waals surface area contributed by atoms with Crippen molar-refractivity contribution in [2.45, 2.75) is 88.6 Å². The smallest absolute Gasteiger partial charge is 0.410 e. The van der Waals surface area contributed by atoms with E-state index in [0.29, 0.717) is 80.8 Å². The number of urea groups is 1. The molecule has 2 unspecified atom stereocenters. The van der Waals surface area contributed by atoms with E-state index in [-0.39, 0.29) is 24.4 Å². The lowest BCUT2D eigenvalue weighted by atomic mass is 9.99. The van der Waals surface area contributed by atoms with E-state index >= 15 is 0 Å². The van der Waals surface area contributed by atoms with Gasteiger partial charge in [-0.05, 0) is 80.8 Å². The average molecular weight is 692 g/mol.